The normalized spacial score (nSPS) is 21.6. The minimum atomic E-state index is 0. The van der Waals surface area contributed by atoms with Gasteiger partial charge in [-0.3, -0.25) is 0 Å². The molecule has 0 aliphatic carbocycles. The average Bonchev–Trinajstić information content (AvgIpc) is 2.43. The summed E-state index contributed by atoms with van der Waals surface area (Å²) in [6.07, 6.45) is 4.02. The first-order valence-corrected chi connectivity index (χ1v) is 7.72. The van der Waals surface area contributed by atoms with Crippen molar-refractivity contribution in [1.82, 2.24) is 0 Å². The van der Waals surface area contributed by atoms with Crippen molar-refractivity contribution in [1.29, 1.82) is 0 Å². The maximum absolute atomic E-state index is 5.97. The molecule has 0 radical (unpaired) electrons. The highest BCUT2D eigenvalue weighted by Gasteiger charge is 2.20. The molecule has 1 aliphatic rings. The predicted molar refractivity (Wildman–Crippen MR) is 81.9 cm³/mol. The predicted octanol–water partition coefficient (Wildman–Crippen LogP) is 0.0538. The lowest BCUT2D eigenvalue weighted by Crippen LogP contribution is -3.13. The number of piperidine rings is 1. The molecule has 1 saturated heterocycles. The van der Waals surface area contributed by atoms with Crippen LogP contribution in [-0.2, 0) is 0 Å². The summed E-state index contributed by atoms with van der Waals surface area (Å²) in [4.78, 5) is 1.62. The fourth-order valence-corrected chi connectivity index (χ4v) is 2.91. The molecule has 0 aromatic heterocycles. The quantitative estimate of drug-likeness (QED) is 0.730. The molecular weight excluding hydrogens is 313 g/mol. The van der Waals surface area contributed by atoms with E-state index in [0.29, 0.717) is 10.0 Å². The van der Waals surface area contributed by atoms with Gasteiger partial charge in [0.25, 0.3) is 0 Å². The van der Waals surface area contributed by atoms with Gasteiger partial charge in [-0.1, -0.05) is 36.0 Å². The van der Waals surface area contributed by atoms with E-state index in [1.165, 1.54) is 32.4 Å². The number of benzene rings is 1. The molecule has 0 bridgehead atoms. The van der Waals surface area contributed by atoms with Gasteiger partial charge < -0.3 is 17.3 Å². The van der Waals surface area contributed by atoms with E-state index in [4.69, 9.17) is 23.2 Å². The van der Waals surface area contributed by atoms with Crippen molar-refractivity contribution in [2.24, 2.45) is 5.92 Å². The van der Waals surface area contributed by atoms with Gasteiger partial charge in [0, 0.05) is 11.5 Å². The molecule has 0 saturated carbocycles. The topological polar surface area (TPSA) is 4.44 Å². The van der Waals surface area contributed by atoms with Gasteiger partial charge in [-0.05, 0) is 43.4 Å². The van der Waals surface area contributed by atoms with Gasteiger partial charge in [-0.15, -0.1) is 0 Å². The molecule has 2 atom stereocenters. The van der Waals surface area contributed by atoms with Crippen LogP contribution >= 0.6 is 23.2 Å². The molecule has 1 fully saturated rings. The summed E-state index contributed by atoms with van der Waals surface area (Å²) in [6, 6.07) is 5.55. The van der Waals surface area contributed by atoms with E-state index in [9.17, 15) is 0 Å². The third kappa shape index (κ3) is 5.19. The van der Waals surface area contributed by atoms with Crippen LogP contribution in [0, 0.1) is 17.8 Å². The Morgan fingerprint density at radius 3 is 2.80 bits per heavy atom. The van der Waals surface area contributed by atoms with Crippen LogP contribution in [0.15, 0.2) is 18.2 Å². The monoisotopic (exact) mass is 331 g/mol. The van der Waals surface area contributed by atoms with Crippen molar-refractivity contribution < 1.29 is 17.3 Å². The van der Waals surface area contributed by atoms with Crippen LogP contribution in [0.25, 0.3) is 0 Å². The minimum Gasteiger partial charge on any atom is -1.00 e. The first-order valence-electron chi connectivity index (χ1n) is 6.96. The summed E-state index contributed by atoms with van der Waals surface area (Å²) in [6.45, 7) is 5.74. The molecule has 1 N–H and O–H groups in total. The Morgan fingerprint density at radius 1 is 1.30 bits per heavy atom. The zero-order valence-electron chi connectivity index (χ0n) is 11.7. The maximum atomic E-state index is 5.97. The van der Waals surface area contributed by atoms with Gasteiger partial charge in [0.15, 0.2) is 0 Å². The van der Waals surface area contributed by atoms with E-state index < -0.39 is 0 Å². The number of hydrogen-bond acceptors (Lipinski definition) is 0. The summed E-state index contributed by atoms with van der Waals surface area (Å²) >= 11 is 11.9. The number of halogens is 3. The smallest absolute Gasteiger partial charge is 0.139 e. The summed E-state index contributed by atoms with van der Waals surface area (Å²) in [5.74, 6) is 7.34. The van der Waals surface area contributed by atoms with E-state index in [1.54, 1.807) is 11.0 Å². The van der Waals surface area contributed by atoms with Crippen molar-refractivity contribution >= 4 is 23.2 Å². The molecule has 1 aliphatic heterocycles. The number of rotatable bonds is 2. The van der Waals surface area contributed by atoms with Crippen LogP contribution in [0.2, 0.25) is 10.0 Å². The van der Waals surface area contributed by atoms with Crippen molar-refractivity contribution in [2.75, 3.05) is 19.6 Å². The van der Waals surface area contributed by atoms with Crippen molar-refractivity contribution in [3.05, 3.63) is 33.8 Å². The summed E-state index contributed by atoms with van der Waals surface area (Å²) in [5.41, 5.74) is 0.942. The number of nitrogens with one attached hydrogen (secondary N) is 1. The van der Waals surface area contributed by atoms with Gasteiger partial charge in [0.1, 0.15) is 6.54 Å². The zero-order chi connectivity index (χ0) is 13.7. The Hall–Kier alpha value is -0.390. The largest absolute Gasteiger partial charge is 1.00 e. The maximum Gasteiger partial charge on any atom is 0.139 e. The van der Waals surface area contributed by atoms with Gasteiger partial charge >= 0.3 is 0 Å². The Labute approximate surface area is 138 Å². The second-order valence-corrected chi connectivity index (χ2v) is 6.04. The van der Waals surface area contributed by atoms with Crippen molar-refractivity contribution in [3.63, 3.8) is 0 Å². The van der Waals surface area contributed by atoms with Gasteiger partial charge in [0.05, 0.1) is 23.1 Å². The molecule has 20 heavy (non-hydrogen) atoms. The Morgan fingerprint density at radius 2 is 2.10 bits per heavy atom. The number of likely N-dealkylation sites (tertiary alicyclic amines) is 1. The van der Waals surface area contributed by atoms with Crippen molar-refractivity contribution in [3.8, 4) is 11.8 Å². The van der Waals surface area contributed by atoms with E-state index in [0.717, 1.165) is 18.0 Å². The summed E-state index contributed by atoms with van der Waals surface area (Å²) in [7, 11) is 0. The second-order valence-electron chi connectivity index (χ2n) is 5.23. The highest BCUT2D eigenvalue weighted by atomic mass is 35.5. The van der Waals surface area contributed by atoms with Crippen LogP contribution in [0.5, 0.6) is 0 Å². The highest BCUT2D eigenvalue weighted by Crippen LogP contribution is 2.21. The Bertz CT molecular complexity index is 490. The van der Waals surface area contributed by atoms with Crippen LogP contribution in [0.3, 0.4) is 0 Å². The third-order valence-corrected chi connectivity index (χ3v) is 4.53. The molecule has 110 valence electrons. The molecule has 2 unspecified atom stereocenters. The molecule has 4 heteroatoms. The lowest BCUT2D eigenvalue weighted by Gasteiger charge is -2.27. The summed E-state index contributed by atoms with van der Waals surface area (Å²) < 4.78 is 0. The minimum absolute atomic E-state index is 0. The standard InChI is InChI=1S/C16H19Cl2N.ClH/c1-2-13-5-3-9-19(12-13)10-4-6-14-7-8-15(17)16(18)11-14;/h7-8,11,13H,2-3,5,9-10,12H2,1H3;1H. The first kappa shape index (κ1) is 17.7. The molecule has 0 amide bonds. The highest BCUT2D eigenvalue weighted by molar-refractivity contribution is 6.42. The van der Waals surface area contributed by atoms with Crippen molar-refractivity contribution in [2.45, 2.75) is 26.2 Å². The first-order chi connectivity index (χ1) is 9.19. The second kappa shape index (κ2) is 8.80. The van der Waals surface area contributed by atoms with E-state index in [-0.39, 0.29) is 12.4 Å². The molecular formula is C16H20Cl3N. The number of quaternary nitrogens is 1. The van der Waals surface area contributed by atoms with Crippen LogP contribution in [0.4, 0.5) is 0 Å². The molecule has 1 nitrogen and oxygen atoms in total. The number of hydrogen-bond donors (Lipinski definition) is 1. The van der Waals surface area contributed by atoms with Gasteiger partial charge in [0.2, 0.25) is 0 Å². The fourth-order valence-electron chi connectivity index (χ4n) is 2.61. The Balaban J connectivity index is 0.00000200. The fraction of sp³-hybridized carbons (Fsp3) is 0.500. The van der Waals surface area contributed by atoms with Gasteiger partial charge in [-0.2, -0.15) is 0 Å². The van der Waals surface area contributed by atoms with E-state index in [1.807, 2.05) is 12.1 Å². The summed E-state index contributed by atoms with van der Waals surface area (Å²) in [5, 5.41) is 1.16. The van der Waals surface area contributed by atoms with Crippen LogP contribution < -0.4 is 17.3 Å². The van der Waals surface area contributed by atoms with E-state index in [2.05, 4.69) is 18.8 Å². The SMILES string of the molecule is CCC1CCC[NH+](CC#Cc2ccc(Cl)c(Cl)c2)C1.[Cl-]. The molecule has 1 aromatic rings. The molecule has 1 heterocycles. The molecule has 2 rings (SSSR count). The lowest BCUT2D eigenvalue weighted by molar-refractivity contribution is -0.901. The lowest BCUT2D eigenvalue weighted by atomic mass is 9.96. The molecule has 0 spiro atoms. The third-order valence-electron chi connectivity index (χ3n) is 3.79. The van der Waals surface area contributed by atoms with E-state index >= 15 is 0 Å². The Kier molecular flexibility index (Phi) is 7.77. The van der Waals surface area contributed by atoms with Crippen LogP contribution in [-0.4, -0.2) is 19.6 Å². The van der Waals surface area contributed by atoms with Crippen LogP contribution in [0.1, 0.15) is 31.7 Å². The molecule has 1 aromatic carbocycles. The zero-order valence-corrected chi connectivity index (χ0v) is 14.0. The average molecular weight is 333 g/mol. The van der Waals surface area contributed by atoms with Gasteiger partial charge in [-0.25, -0.2) is 0 Å².